The Kier molecular flexibility index (Phi) is 7.22. The number of hydrogen-bond acceptors (Lipinski definition) is 2. The number of nitrogens with zero attached hydrogens (tertiary/aromatic N) is 1. The smallest absolute Gasteiger partial charge is 0.256 e. The van der Waals surface area contributed by atoms with E-state index in [0.717, 1.165) is 11.5 Å². The molecule has 0 unspecified atom stereocenters. The lowest BCUT2D eigenvalue weighted by molar-refractivity contribution is 0.486. The summed E-state index contributed by atoms with van der Waals surface area (Å²) in [4.78, 5) is 2.53. The van der Waals surface area contributed by atoms with Crippen molar-refractivity contribution >= 4 is 50.9 Å². The fourth-order valence-electron chi connectivity index (χ4n) is 7.87. The Morgan fingerprint density at radius 3 is 1.78 bits per heavy atom. The van der Waals surface area contributed by atoms with E-state index in [0.29, 0.717) is 0 Å². The van der Waals surface area contributed by atoms with E-state index in [1.165, 1.54) is 77.6 Å². The summed E-state index contributed by atoms with van der Waals surface area (Å²) in [5.74, 6) is 1.91. The highest BCUT2D eigenvalue weighted by molar-refractivity contribution is 6.99. The van der Waals surface area contributed by atoms with Crippen LogP contribution in [0.3, 0.4) is 0 Å². The van der Waals surface area contributed by atoms with Crippen LogP contribution in [0.1, 0.15) is 84.6 Å². The maximum Gasteiger partial charge on any atom is 0.256 e. The van der Waals surface area contributed by atoms with Crippen molar-refractivity contribution in [2.24, 2.45) is 0 Å². The standard InChI is InChI=1S/C47H48BNO/c1-29-23-41-44-43(24-29)50-42-22-19-35(47(8,9)10)28-38(42)48(44)37-27-34(46(5,6)7)18-21-40(37)49(41)39-20-17-33(45(2,3)4)26-36(39)32-16-15-30-13-11-12-14-31(30)25-32/h11-28H,1-10H3. The summed E-state index contributed by atoms with van der Waals surface area (Å²) < 4.78 is 6.87. The SMILES string of the molecule is Cc1cc2c3c(c1)N(c1ccc(C(C)(C)C)cc1-c1ccc4ccccc4c1)c1ccc(C(C)(C)C)cc1B3c1cc(C(C)(C)C)ccc1O2. The van der Waals surface area contributed by atoms with Crippen molar-refractivity contribution in [3.05, 3.63) is 131 Å². The second-order valence-electron chi connectivity index (χ2n) is 17.6. The topological polar surface area (TPSA) is 12.5 Å². The van der Waals surface area contributed by atoms with Gasteiger partial charge in [0.25, 0.3) is 6.71 Å². The van der Waals surface area contributed by atoms with Crippen molar-refractivity contribution in [1.82, 2.24) is 0 Å². The summed E-state index contributed by atoms with van der Waals surface area (Å²) >= 11 is 0. The zero-order valence-electron chi connectivity index (χ0n) is 31.3. The zero-order valence-corrected chi connectivity index (χ0v) is 31.3. The molecule has 0 saturated heterocycles. The van der Waals surface area contributed by atoms with E-state index in [1.807, 2.05) is 0 Å². The molecule has 0 spiro atoms. The van der Waals surface area contributed by atoms with Crippen LogP contribution >= 0.6 is 0 Å². The van der Waals surface area contributed by atoms with E-state index in [-0.39, 0.29) is 23.0 Å². The van der Waals surface area contributed by atoms with Crippen LogP contribution in [-0.2, 0) is 16.2 Å². The predicted octanol–water partition coefficient (Wildman–Crippen LogP) is 11.1. The molecule has 3 heteroatoms. The fraction of sp³-hybridized carbons (Fsp3) is 0.277. The molecule has 6 aromatic rings. The van der Waals surface area contributed by atoms with Crippen molar-refractivity contribution in [1.29, 1.82) is 0 Å². The van der Waals surface area contributed by atoms with Gasteiger partial charge in [0, 0.05) is 16.9 Å². The van der Waals surface area contributed by atoms with Crippen LogP contribution in [0.5, 0.6) is 11.5 Å². The third kappa shape index (κ3) is 5.34. The van der Waals surface area contributed by atoms with Gasteiger partial charge in [-0.1, -0.05) is 129 Å². The van der Waals surface area contributed by atoms with E-state index in [2.05, 4.69) is 183 Å². The molecule has 0 fully saturated rings. The summed E-state index contributed by atoms with van der Waals surface area (Å²) in [6, 6.07) is 41.4. The molecule has 2 nitrogen and oxygen atoms in total. The van der Waals surface area contributed by atoms with E-state index >= 15 is 0 Å². The van der Waals surface area contributed by atoms with Gasteiger partial charge in [-0.15, -0.1) is 0 Å². The molecule has 8 rings (SSSR count). The highest BCUT2D eigenvalue weighted by Gasteiger charge is 2.43. The first-order chi connectivity index (χ1) is 23.6. The molecule has 2 aliphatic rings. The molecule has 0 radical (unpaired) electrons. The molecular formula is C47H48BNO. The van der Waals surface area contributed by atoms with Gasteiger partial charge in [-0.05, 0) is 121 Å². The van der Waals surface area contributed by atoms with Crippen molar-refractivity contribution in [3.63, 3.8) is 0 Å². The molecule has 50 heavy (non-hydrogen) atoms. The summed E-state index contributed by atoms with van der Waals surface area (Å²) in [6.07, 6.45) is 0. The van der Waals surface area contributed by atoms with Crippen molar-refractivity contribution in [2.75, 3.05) is 4.90 Å². The molecule has 0 atom stereocenters. The van der Waals surface area contributed by atoms with Crippen LogP contribution in [0.4, 0.5) is 17.1 Å². The maximum absolute atomic E-state index is 6.87. The minimum atomic E-state index is 0.00144. The molecule has 2 aliphatic heterocycles. The third-order valence-corrected chi connectivity index (χ3v) is 10.8. The lowest BCUT2D eigenvalue weighted by Gasteiger charge is -2.42. The first-order valence-electron chi connectivity index (χ1n) is 18.1. The molecule has 2 heterocycles. The summed E-state index contributed by atoms with van der Waals surface area (Å²) in [7, 11) is 0. The Balaban J connectivity index is 1.45. The number of benzene rings is 6. The Morgan fingerprint density at radius 1 is 0.500 bits per heavy atom. The molecule has 0 bridgehead atoms. The maximum atomic E-state index is 6.87. The van der Waals surface area contributed by atoms with E-state index < -0.39 is 0 Å². The average molecular weight is 654 g/mol. The Bertz CT molecular complexity index is 2330. The number of hydrogen-bond donors (Lipinski definition) is 0. The van der Waals surface area contributed by atoms with Gasteiger partial charge in [-0.25, -0.2) is 0 Å². The van der Waals surface area contributed by atoms with Crippen molar-refractivity contribution in [3.8, 4) is 22.6 Å². The minimum Gasteiger partial charge on any atom is -0.458 e. The van der Waals surface area contributed by atoms with Gasteiger partial charge in [0.1, 0.15) is 11.5 Å². The van der Waals surface area contributed by atoms with Crippen LogP contribution < -0.4 is 26.0 Å². The molecule has 0 aliphatic carbocycles. The molecule has 0 aromatic heterocycles. The second-order valence-corrected chi connectivity index (χ2v) is 17.6. The Hall–Kier alpha value is -4.76. The van der Waals surface area contributed by atoms with Gasteiger partial charge < -0.3 is 9.64 Å². The molecule has 6 aromatic carbocycles. The normalized spacial score (nSPS) is 13.9. The van der Waals surface area contributed by atoms with E-state index in [9.17, 15) is 0 Å². The predicted molar refractivity (Wildman–Crippen MR) is 216 cm³/mol. The monoisotopic (exact) mass is 653 g/mol. The highest BCUT2D eigenvalue weighted by atomic mass is 16.5. The average Bonchev–Trinajstić information content (AvgIpc) is 3.06. The first-order valence-corrected chi connectivity index (χ1v) is 18.1. The largest absolute Gasteiger partial charge is 0.458 e. The van der Waals surface area contributed by atoms with Crippen LogP contribution in [0.2, 0.25) is 0 Å². The van der Waals surface area contributed by atoms with Crippen LogP contribution in [0.15, 0.2) is 109 Å². The van der Waals surface area contributed by atoms with Gasteiger partial charge >= 0.3 is 0 Å². The second kappa shape index (κ2) is 11.1. The number of aryl methyl sites for hydroxylation is 1. The quantitative estimate of drug-likeness (QED) is 0.172. The highest BCUT2D eigenvalue weighted by Crippen LogP contribution is 2.47. The number of fused-ring (bicyclic) bond motifs is 5. The van der Waals surface area contributed by atoms with Gasteiger partial charge in [-0.3, -0.25) is 0 Å². The van der Waals surface area contributed by atoms with E-state index in [4.69, 9.17) is 4.74 Å². The summed E-state index contributed by atoms with van der Waals surface area (Å²) in [5, 5.41) is 2.50. The number of rotatable bonds is 2. The van der Waals surface area contributed by atoms with Gasteiger partial charge in [0.05, 0.1) is 5.69 Å². The minimum absolute atomic E-state index is 0.00144. The number of ether oxygens (including phenoxy) is 1. The van der Waals surface area contributed by atoms with E-state index in [1.54, 1.807) is 0 Å². The van der Waals surface area contributed by atoms with Crippen LogP contribution in [-0.4, -0.2) is 6.71 Å². The third-order valence-electron chi connectivity index (χ3n) is 10.8. The summed E-state index contributed by atoms with van der Waals surface area (Å²) in [5.41, 5.74) is 15.1. The molecule has 0 N–H and O–H groups in total. The molecule has 0 saturated carbocycles. The Morgan fingerprint density at radius 2 is 1.10 bits per heavy atom. The molecule has 250 valence electrons. The molecular weight excluding hydrogens is 605 g/mol. The lowest BCUT2D eigenvalue weighted by atomic mass is 9.33. The molecule has 0 amide bonds. The number of anilines is 3. The lowest BCUT2D eigenvalue weighted by Crippen LogP contribution is -2.60. The van der Waals surface area contributed by atoms with Crippen LogP contribution in [0.25, 0.3) is 21.9 Å². The Labute approximate surface area is 299 Å². The van der Waals surface area contributed by atoms with Crippen molar-refractivity contribution in [2.45, 2.75) is 85.5 Å². The van der Waals surface area contributed by atoms with Gasteiger partial charge in [0.2, 0.25) is 0 Å². The van der Waals surface area contributed by atoms with Crippen LogP contribution in [0, 0.1) is 6.92 Å². The zero-order chi connectivity index (χ0) is 35.3. The van der Waals surface area contributed by atoms with Gasteiger partial charge in [0.15, 0.2) is 0 Å². The summed E-state index contributed by atoms with van der Waals surface area (Å²) in [6.45, 7) is 23.0. The fourth-order valence-corrected chi connectivity index (χ4v) is 7.87. The van der Waals surface area contributed by atoms with Crippen molar-refractivity contribution < 1.29 is 4.74 Å². The first kappa shape index (κ1) is 32.4. The van der Waals surface area contributed by atoms with Gasteiger partial charge in [-0.2, -0.15) is 0 Å².